The van der Waals surface area contributed by atoms with Crippen LogP contribution in [0.5, 0.6) is 0 Å². The van der Waals surface area contributed by atoms with Crippen LogP contribution in [0.4, 0.5) is 5.69 Å². The third-order valence-electron chi connectivity index (χ3n) is 3.57. The highest BCUT2D eigenvalue weighted by atomic mass is 35.5. The molecule has 18 heavy (non-hydrogen) atoms. The van der Waals surface area contributed by atoms with Gasteiger partial charge >= 0.3 is 0 Å². The highest BCUT2D eigenvalue weighted by Crippen LogP contribution is 2.26. The maximum Gasteiger partial charge on any atom is 0.0702 e. The normalized spacial score (nSPS) is 11.0. The van der Waals surface area contributed by atoms with Crippen LogP contribution in [0.3, 0.4) is 0 Å². The fourth-order valence-electron chi connectivity index (χ4n) is 2.25. The Morgan fingerprint density at radius 3 is 2.39 bits per heavy atom. The molecule has 1 aromatic rings. The average Bonchev–Trinajstić information content (AvgIpc) is 2.41. The van der Waals surface area contributed by atoms with E-state index in [2.05, 4.69) is 25.7 Å². The maximum atomic E-state index is 9.45. The first-order valence-electron chi connectivity index (χ1n) is 6.80. The van der Waals surface area contributed by atoms with E-state index in [0.29, 0.717) is 10.9 Å². The van der Waals surface area contributed by atoms with E-state index in [4.69, 9.17) is 11.6 Å². The first kappa shape index (κ1) is 15.3. The Morgan fingerprint density at radius 2 is 1.89 bits per heavy atom. The van der Waals surface area contributed by atoms with Gasteiger partial charge in [0.2, 0.25) is 0 Å². The summed E-state index contributed by atoms with van der Waals surface area (Å²) < 4.78 is 0. The van der Waals surface area contributed by atoms with E-state index in [1.165, 1.54) is 12.8 Å². The van der Waals surface area contributed by atoms with E-state index < -0.39 is 0 Å². The molecular weight excluding hydrogens is 246 g/mol. The molecule has 0 aliphatic heterocycles. The third kappa shape index (κ3) is 3.89. The average molecular weight is 270 g/mol. The van der Waals surface area contributed by atoms with Gasteiger partial charge in [-0.3, -0.25) is 0 Å². The smallest absolute Gasteiger partial charge is 0.0702 e. The van der Waals surface area contributed by atoms with Gasteiger partial charge in [0.25, 0.3) is 0 Å². The number of aliphatic hydroxyl groups is 1. The third-order valence-corrected chi connectivity index (χ3v) is 3.80. The van der Waals surface area contributed by atoms with Gasteiger partial charge in [-0.1, -0.05) is 38.3 Å². The zero-order chi connectivity index (χ0) is 13.5. The van der Waals surface area contributed by atoms with Crippen LogP contribution in [0.15, 0.2) is 18.2 Å². The lowest BCUT2D eigenvalue weighted by Gasteiger charge is -2.29. The lowest BCUT2D eigenvalue weighted by Crippen LogP contribution is -2.29. The molecule has 1 rings (SSSR count). The minimum absolute atomic E-state index is 0.0370. The summed E-state index contributed by atoms with van der Waals surface area (Å²) in [7, 11) is 0. The summed E-state index contributed by atoms with van der Waals surface area (Å²) >= 11 is 5.97. The molecule has 3 heteroatoms. The van der Waals surface area contributed by atoms with E-state index in [-0.39, 0.29) is 6.61 Å². The Hall–Kier alpha value is -0.730. The minimum Gasteiger partial charge on any atom is -0.392 e. The van der Waals surface area contributed by atoms with Crippen molar-refractivity contribution in [1.29, 1.82) is 0 Å². The Balaban J connectivity index is 2.93. The second-order valence-electron chi connectivity index (χ2n) is 4.65. The largest absolute Gasteiger partial charge is 0.392 e. The molecule has 0 heterocycles. The molecule has 1 aromatic carbocycles. The van der Waals surface area contributed by atoms with Crippen LogP contribution in [-0.2, 0) is 6.61 Å². The molecule has 1 N–H and O–H groups in total. The molecule has 102 valence electrons. The summed E-state index contributed by atoms with van der Waals surface area (Å²) in [6.45, 7) is 8.64. The van der Waals surface area contributed by atoms with E-state index in [9.17, 15) is 5.11 Å². The topological polar surface area (TPSA) is 23.5 Å². The highest BCUT2D eigenvalue weighted by Gasteiger charge is 2.13. The first-order chi connectivity index (χ1) is 8.65. The summed E-state index contributed by atoms with van der Waals surface area (Å²) in [5.41, 5.74) is 2.02. The van der Waals surface area contributed by atoms with Crippen LogP contribution < -0.4 is 4.90 Å². The number of hydrogen-bond acceptors (Lipinski definition) is 2. The summed E-state index contributed by atoms with van der Waals surface area (Å²) in [4.78, 5) is 2.33. The van der Waals surface area contributed by atoms with Crippen molar-refractivity contribution < 1.29 is 5.11 Å². The quantitative estimate of drug-likeness (QED) is 0.806. The summed E-state index contributed by atoms with van der Waals surface area (Å²) in [6, 6.07) is 5.76. The Morgan fingerprint density at radius 1 is 1.22 bits per heavy atom. The number of hydrogen-bond donors (Lipinski definition) is 1. The molecule has 0 fully saturated rings. The molecular formula is C15H24ClNO. The number of aliphatic hydroxyl groups excluding tert-OH is 1. The molecule has 0 aliphatic carbocycles. The molecule has 0 aliphatic rings. The molecule has 0 radical (unpaired) electrons. The Labute approximate surface area is 116 Å². The van der Waals surface area contributed by atoms with Crippen LogP contribution in [0.25, 0.3) is 0 Å². The molecule has 2 nitrogen and oxygen atoms in total. The molecule has 0 bridgehead atoms. The number of halogens is 1. The van der Waals surface area contributed by atoms with Crippen LogP contribution in [0.2, 0.25) is 5.02 Å². The zero-order valence-corrected chi connectivity index (χ0v) is 12.4. The van der Waals surface area contributed by atoms with Crippen molar-refractivity contribution in [3.05, 3.63) is 28.8 Å². The predicted molar refractivity (Wildman–Crippen MR) is 79.3 cm³/mol. The minimum atomic E-state index is 0.0370. The highest BCUT2D eigenvalue weighted by molar-refractivity contribution is 6.30. The lowest BCUT2D eigenvalue weighted by atomic mass is 10.0. The monoisotopic (exact) mass is 269 g/mol. The molecule has 0 spiro atoms. The van der Waals surface area contributed by atoms with Crippen LogP contribution in [-0.4, -0.2) is 18.2 Å². The van der Waals surface area contributed by atoms with Gasteiger partial charge in [0, 0.05) is 29.4 Å². The molecule has 0 atom stereocenters. The van der Waals surface area contributed by atoms with Crippen molar-refractivity contribution in [2.75, 3.05) is 18.0 Å². The van der Waals surface area contributed by atoms with E-state index in [1.54, 1.807) is 0 Å². The van der Waals surface area contributed by atoms with Crippen molar-refractivity contribution in [2.24, 2.45) is 5.92 Å². The summed E-state index contributed by atoms with van der Waals surface area (Å²) in [6.07, 6.45) is 2.38. The van der Waals surface area contributed by atoms with Crippen molar-refractivity contribution >= 4 is 17.3 Å². The van der Waals surface area contributed by atoms with Crippen molar-refractivity contribution in [2.45, 2.75) is 40.2 Å². The number of nitrogens with zero attached hydrogens (tertiary/aromatic N) is 1. The van der Waals surface area contributed by atoms with Crippen LogP contribution >= 0.6 is 11.6 Å². The molecule has 0 saturated heterocycles. The van der Waals surface area contributed by atoms with Gasteiger partial charge in [-0.05, 0) is 31.0 Å². The standard InChI is InChI=1S/C15H24ClNO/c1-4-12(5-2)10-17(6-3)15-8-7-14(16)9-13(15)11-18/h7-9,12,18H,4-6,10-11H2,1-3H3. The predicted octanol–water partition coefficient (Wildman–Crippen LogP) is 4.09. The molecule has 0 aromatic heterocycles. The van der Waals surface area contributed by atoms with E-state index in [0.717, 1.165) is 24.3 Å². The summed E-state index contributed by atoms with van der Waals surface area (Å²) in [5.74, 6) is 0.701. The van der Waals surface area contributed by atoms with Gasteiger partial charge < -0.3 is 10.0 Å². The van der Waals surface area contributed by atoms with Gasteiger partial charge in [-0.25, -0.2) is 0 Å². The lowest BCUT2D eigenvalue weighted by molar-refractivity contribution is 0.282. The van der Waals surface area contributed by atoms with Gasteiger partial charge in [-0.15, -0.1) is 0 Å². The summed E-state index contributed by atoms with van der Waals surface area (Å²) in [5, 5.41) is 10.1. The maximum absolute atomic E-state index is 9.45. The number of benzene rings is 1. The fourth-order valence-corrected chi connectivity index (χ4v) is 2.44. The van der Waals surface area contributed by atoms with Gasteiger partial charge in [-0.2, -0.15) is 0 Å². The Kier molecular flexibility index (Phi) is 6.51. The number of rotatable bonds is 7. The Bertz CT molecular complexity index is 364. The van der Waals surface area contributed by atoms with Crippen molar-refractivity contribution in [3.63, 3.8) is 0 Å². The SMILES string of the molecule is CCC(CC)CN(CC)c1ccc(Cl)cc1CO. The number of anilines is 1. The first-order valence-corrected chi connectivity index (χ1v) is 7.18. The molecule has 0 unspecified atom stereocenters. The second-order valence-corrected chi connectivity index (χ2v) is 5.09. The fraction of sp³-hybridized carbons (Fsp3) is 0.600. The van der Waals surface area contributed by atoms with Gasteiger partial charge in [0.1, 0.15) is 0 Å². The molecule has 0 saturated carbocycles. The van der Waals surface area contributed by atoms with E-state index in [1.807, 2.05) is 18.2 Å². The van der Waals surface area contributed by atoms with Crippen LogP contribution in [0, 0.1) is 5.92 Å². The van der Waals surface area contributed by atoms with Crippen LogP contribution in [0.1, 0.15) is 39.2 Å². The van der Waals surface area contributed by atoms with Crippen molar-refractivity contribution in [1.82, 2.24) is 0 Å². The zero-order valence-electron chi connectivity index (χ0n) is 11.6. The van der Waals surface area contributed by atoms with Gasteiger partial charge in [0.15, 0.2) is 0 Å². The van der Waals surface area contributed by atoms with Crippen molar-refractivity contribution in [3.8, 4) is 0 Å². The molecule has 0 amide bonds. The van der Waals surface area contributed by atoms with Gasteiger partial charge in [0.05, 0.1) is 6.61 Å². The van der Waals surface area contributed by atoms with E-state index >= 15 is 0 Å². The second kappa shape index (κ2) is 7.65.